The van der Waals surface area contributed by atoms with Gasteiger partial charge < -0.3 is 4.90 Å². The fraction of sp³-hybridized carbons (Fsp3) is 0.462. The maximum Gasteiger partial charge on any atom is 0.267 e. The van der Waals surface area contributed by atoms with Gasteiger partial charge in [-0.2, -0.15) is 5.26 Å². The number of anilines is 1. The summed E-state index contributed by atoms with van der Waals surface area (Å²) in [5, 5.41) is 9.16. The Morgan fingerprint density at radius 1 is 1.22 bits per heavy atom. The highest BCUT2D eigenvalue weighted by Crippen LogP contribution is 2.35. The number of imidazole rings is 1. The van der Waals surface area contributed by atoms with Gasteiger partial charge in [0.15, 0.2) is 5.65 Å². The number of aryl methyl sites for hydroxylation is 1. The van der Waals surface area contributed by atoms with Crippen molar-refractivity contribution in [3.8, 4) is 6.07 Å². The maximum absolute atomic E-state index is 15.1. The van der Waals surface area contributed by atoms with E-state index in [9.17, 15) is 4.79 Å². The zero-order valence-electron chi connectivity index (χ0n) is 21.0. The van der Waals surface area contributed by atoms with Crippen molar-refractivity contribution in [1.29, 1.82) is 5.26 Å². The molecule has 1 aromatic carbocycles. The highest BCUT2D eigenvalue weighted by Gasteiger charge is 2.37. The van der Waals surface area contributed by atoms with Crippen LogP contribution in [0.5, 0.6) is 0 Å². The van der Waals surface area contributed by atoms with E-state index >= 15 is 4.39 Å². The Morgan fingerprint density at radius 2 is 2.00 bits per heavy atom. The number of fused-ring (bicyclic) bond motifs is 2. The molecule has 1 unspecified atom stereocenters. The topological polar surface area (TPSA) is 82.5 Å². The van der Waals surface area contributed by atoms with Crippen LogP contribution in [-0.4, -0.2) is 49.2 Å². The molecule has 3 aromatic heterocycles. The smallest absolute Gasteiger partial charge is 0.267 e. The molecule has 8 nitrogen and oxygen atoms in total. The van der Waals surface area contributed by atoms with Gasteiger partial charge in [-0.1, -0.05) is 13.8 Å². The molecule has 0 saturated carbocycles. The van der Waals surface area contributed by atoms with E-state index in [-0.39, 0.29) is 35.9 Å². The van der Waals surface area contributed by atoms with E-state index in [1.165, 1.54) is 16.0 Å². The fourth-order valence-electron chi connectivity index (χ4n) is 5.43. The van der Waals surface area contributed by atoms with Gasteiger partial charge >= 0.3 is 0 Å². The first kappa shape index (κ1) is 24.4. The molecule has 1 saturated heterocycles. The van der Waals surface area contributed by atoms with Crippen LogP contribution in [-0.2, 0) is 13.5 Å². The van der Waals surface area contributed by atoms with Gasteiger partial charge in [-0.15, -0.1) is 11.3 Å². The third kappa shape index (κ3) is 4.06. The highest BCUT2D eigenvalue weighted by molar-refractivity contribution is 7.16. The molecular weight excluding hydrogens is 477 g/mol. The molecule has 0 radical (unpaired) electrons. The first-order chi connectivity index (χ1) is 17.4. The second-order valence-corrected chi connectivity index (χ2v) is 10.4. The minimum atomic E-state index is -0.220. The van der Waals surface area contributed by atoms with Crippen molar-refractivity contribution in [2.45, 2.75) is 58.2 Å². The monoisotopic (exact) mass is 507 g/mol. The molecule has 3 atom stereocenters. The summed E-state index contributed by atoms with van der Waals surface area (Å²) in [6.07, 6.45) is 3.70. The molecule has 36 heavy (non-hydrogen) atoms. The maximum atomic E-state index is 15.1. The predicted octanol–water partition coefficient (Wildman–Crippen LogP) is 4.29. The number of rotatable bonds is 6. The number of aromatic nitrogens is 4. The number of halogens is 1. The summed E-state index contributed by atoms with van der Waals surface area (Å²) in [5.41, 5.74) is 5.12. The van der Waals surface area contributed by atoms with Gasteiger partial charge in [0.2, 0.25) is 0 Å². The lowest BCUT2D eigenvalue weighted by Gasteiger charge is -2.49. The minimum Gasteiger partial charge on any atom is -0.362 e. The van der Waals surface area contributed by atoms with Gasteiger partial charge in [0.1, 0.15) is 5.82 Å². The molecule has 5 rings (SSSR count). The number of hydrogen-bond acceptors (Lipinski definition) is 7. The third-order valence-electron chi connectivity index (χ3n) is 7.52. The van der Waals surface area contributed by atoms with Gasteiger partial charge in [0, 0.05) is 56.0 Å². The average molecular weight is 508 g/mol. The van der Waals surface area contributed by atoms with Crippen LogP contribution in [0, 0.1) is 17.1 Å². The molecule has 1 aliphatic heterocycles. The number of piperazine rings is 1. The molecule has 0 spiro atoms. The van der Waals surface area contributed by atoms with Crippen LogP contribution in [0.1, 0.15) is 50.9 Å². The molecule has 0 amide bonds. The van der Waals surface area contributed by atoms with E-state index in [1.54, 1.807) is 35.4 Å². The Bertz CT molecular complexity index is 1520. The van der Waals surface area contributed by atoms with Gasteiger partial charge in [-0.05, 0) is 25.8 Å². The molecule has 0 bridgehead atoms. The number of nitriles is 1. The minimum absolute atomic E-state index is 0.102. The van der Waals surface area contributed by atoms with E-state index in [0.29, 0.717) is 29.0 Å². The van der Waals surface area contributed by atoms with Gasteiger partial charge in [-0.3, -0.25) is 9.69 Å². The number of nitrogens with zero attached hydrogens (tertiary/aromatic N) is 7. The van der Waals surface area contributed by atoms with E-state index in [1.807, 2.05) is 6.07 Å². The quantitative estimate of drug-likeness (QED) is 0.387. The van der Waals surface area contributed by atoms with E-state index in [4.69, 9.17) is 10.2 Å². The number of benzene rings is 1. The lowest BCUT2D eigenvalue weighted by molar-refractivity contribution is 0.0994. The molecular formula is C26H30FN7OS. The summed E-state index contributed by atoms with van der Waals surface area (Å²) in [4.78, 5) is 26.5. The van der Waals surface area contributed by atoms with Crippen molar-refractivity contribution in [1.82, 2.24) is 24.1 Å². The Labute approximate surface area is 213 Å². The van der Waals surface area contributed by atoms with E-state index in [0.717, 1.165) is 29.8 Å². The summed E-state index contributed by atoms with van der Waals surface area (Å²) in [5.74, 6) is -0.220. The van der Waals surface area contributed by atoms with Crippen LogP contribution >= 0.6 is 11.3 Å². The summed E-state index contributed by atoms with van der Waals surface area (Å²) >= 11 is 1.53. The van der Waals surface area contributed by atoms with Crippen LogP contribution in [0.15, 0.2) is 34.7 Å². The first-order valence-corrected chi connectivity index (χ1v) is 13.2. The highest BCUT2D eigenvalue weighted by atomic mass is 32.1. The normalized spacial score (nSPS) is 19.7. The second-order valence-electron chi connectivity index (χ2n) is 9.47. The first-order valence-electron chi connectivity index (χ1n) is 12.4. The third-order valence-corrected chi connectivity index (χ3v) is 8.31. The van der Waals surface area contributed by atoms with Crippen molar-refractivity contribution in [2.24, 2.45) is 7.05 Å². The molecule has 1 aliphatic rings. The van der Waals surface area contributed by atoms with Crippen molar-refractivity contribution in [3.63, 3.8) is 0 Å². The Hall–Kier alpha value is -3.29. The second kappa shape index (κ2) is 9.64. The fourth-order valence-corrected chi connectivity index (χ4v) is 6.13. The van der Waals surface area contributed by atoms with Crippen LogP contribution < -0.4 is 10.5 Å². The van der Waals surface area contributed by atoms with E-state index < -0.39 is 0 Å². The zero-order valence-corrected chi connectivity index (χ0v) is 21.8. The van der Waals surface area contributed by atoms with Crippen molar-refractivity contribution >= 4 is 32.9 Å². The summed E-state index contributed by atoms with van der Waals surface area (Å²) in [6.45, 7) is 7.81. The van der Waals surface area contributed by atoms with E-state index in [2.05, 4.69) is 41.6 Å². The molecule has 1 fully saturated rings. The number of hydrogen-bond donors (Lipinski definition) is 0. The molecule has 0 aliphatic carbocycles. The van der Waals surface area contributed by atoms with Crippen LogP contribution in [0.4, 0.5) is 10.1 Å². The molecule has 10 heteroatoms. The average Bonchev–Trinajstić information content (AvgIpc) is 3.51. The van der Waals surface area contributed by atoms with Gasteiger partial charge in [0.05, 0.1) is 45.8 Å². The molecule has 0 N–H and O–H groups in total. The van der Waals surface area contributed by atoms with Gasteiger partial charge in [-0.25, -0.2) is 23.6 Å². The van der Waals surface area contributed by atoms with Crippen LogP contribution in [0.3, 0.4) is 0 Å². The standard InChI is InChI=1S/C26H30FN7OS/c1-5-18-14-33(23-11-25(35)31(4)34-12-17(7-8-28)30-26(23)34)19(6-2)13-32(18)16(3)20-9-24-22(10-21(20)27)29-15-36-24/h9-12,15-16,18-19H,5-7,13-14H2,1-4H3/t16?,18-,19+/m1/s1. The van der Waals surface area contributed by atoms with Crippen molar-refractivity contribution < 1.29 is 4.39 Å². The van der Waals surface area contributed by atoms with Crippen LogP contribution in [0.25, 0.3) is 15.9 Å². The van der Waals surface area contributed by atoms with Crippen molar-refractivity contribution in [3.05, 3.63) is 57.3 Å². The number of thiazole rings is 1. The SMILES string of the molecule is CC[C@H]1CN(C(C)c2cc3scnc3cc2F)[C@H](CC)CN1c1cc(=O)n(C)n2cc(CC#N)nc12. The summed E-state index contributed by atoms with van der Waals surface area (Å²) in [6, 6.07) is 7.47. The molecule has 188 valence electrons. The largest absolute Gasteiger partial charge is 0.362 e. The summed E-state index contributed by atoms with van der Waals surface area (Å²) < 4.78 is 19.4. The Morgan fingerprint density at radius 3 is 2.72 bits per heavy atom. The summed E-state index contributed by atoms with van der Waals surface area (Å²) in [7, 11) is 1.71. The molecule has 4 heterocycles. The van der Waals surface area contributed by atoms with Crippen molar-refractivity contribution in [2.75, 3.05) is 18.0 Å². The lowest BCUT2D eigenvalue weighted by Crippen LogP contribution is -2.59. The Balaban J connectivity index is 1.53. The van der Waals surface area contributed by atoms with Crippen LogP contribution in [0.2, 0.25) is 0 Å². The lowest BCUT2D eigenvalue weighted by atomic mass is 9.96. The zero-order chi connectivity index (χ0) is 25.6. The molecule has 4 aromatic rings. The predicted molar refractivity (Wildman–Crippen MR) is 140 cm³/mol. The van der Waals surface area contributed by atoms with Gasteiger partial charge in [0.25, 0.3) is 5.56 Å². The Kier molecular flexibility index (Phi) is 6.53.